The van der Waals surface area contributed by atoms with Crippen molar-refractivity contribution in [2.24, 2.45) is 0 Å². The predicted octanol–water partition coefficient (Wildman–Crippen LogP) is 4.13. The topological polar surface area (TPSA) is 56.8 Å². The number of hydrogen-bond donors (Lipinski definition) is 1. The van der Waals surface area contributed by atoms with Crippen LogP contribution in [0, 0.1) is 5.82 Å². The lowest BCUT2D eigenvalue weighted by atomic mass is 9.64. The summed E-state index contributed by atoms with van der Waals surface area (Å²) < 4.78 is 30.2. The van der Waals surface area contributed by atoms with Gasteiger partial charge in [0.25, 0.3) is 0 Å². The standard InChI is InChI=1S/C24H28FNO4/c1-28-22-14-17(5-10-21(22)30-16-20-4-2-13-29-20)15-26-23(27)24(11-3-12-24)18-6-8-19(25)9-7-18/h5-10,14,20H,2-4,11-13,15-16H2,1H3,(H,26,27). The van der Waals surface area contributed by atoms with E-state index in [1.54, 1.807) is 19.2 Å². The van der Waals surface area contributed by atoms with Gasteiger partial charge in [0, 0.05) is 13.2 Å². The number of nitrogens with one attached hydrogen (secondary N) is 1. The van der Waals surface area contributed by atoms with Crippen molar-refractivity contribution < 1.29 is 23.4 Å². The van der Waals surface area contributed by atoms with Gasteiger partial charge >= 0.3 is 0 Å². The Labute approximate surface area is 176 Å². The minimum Gasteiger partial charge on any atom is -0.493 e. The van der Waals surface area contributed by atoms with E-state index in [2.05, 4.69) is 5.32 Å². The fraction of sp³-hybridized carbons (Fsp3) is 0.458. The number of benzene rings is 2. The summed E-state index contributed by atoms with van der Waals surface area (Å²) in [6.45, 7) is 1.69. The van der Waals surface area contributed by atoms with Crippen LogP contribution in [-0.2, 0) is 21.5 Å². The van der Waals surface area contributed by atoms with Crippen LogP contribution in [0.25, 0.3) is 0 Å². The Hall–Kier alpha value is -2.60. The van der Waals surface area contributed by atoms with E-state index in [9.17, 15) is 9.18 Å². The van der Waals surface area contributed by atoms with Gasteiger partial charge in [-0.2, -0.15) is 0 Å². The molecule has 2 aromatic carbocycles. The van der Waals surface area contributed by atoms with Crippen LogP contribution in [0.5, 0.6) is 11.5 Å². The maximum Gasteiger partial charge on any atom is 0.230 e. The van der Waals surface area contributed by atoms with Gasteiger partial charge in [0.2, 0.25) is 5.91 Å². The first-order valence-corrected chi connectivity index (χ1v) is 10.6. The maximum absolute atomic E-state index is 13.3. The highest BCUT2D eigenvalue weighted by atomic mass is 19.1. The molecule has 1 saturated heterocycles. The Morgan fingerprint density at radius 3 is 2.60 bits per heavy atom. The number of halogens is 1. The minimum atomic E-state index is -0.553. The van der Waals surface area contributed by atoms with Crippen molar-refractivity contribution >= 4 is 5.91 Å². The zero-order chi connectivity index (χ0) is 21.0. The highest BCUT2D eigenvalue weighted by molar-refractivity contribution is 5.89. The quantitative estimate of drug-likeness (QED) is 0.707. The van der Waals surface area contributed by atoms with E-state index in [1.165, 1.54) is 12.1 Å². The number of hydrogen-bond acceptors (Lipinski definition) is 4. The van der Waals surface area contributed by atoms with Crippen molar-refractivity contribution in [3.05, 3.63) is 59.4 Å². The van der Waals surface area contributed by atoms with Crippen LogP contribution in [0.1, 0.15) is 43.2 Å². The zero-order valence-corrected chi connectivity index (χ0v) is 17.3. The monoisotopic (exact) mass is 413 g/mol. The number of amides is 1. The Balaban J connectivity index is 1.38. The van der Waals surface area contributed by atoms with Gasteiger partial charge in [-0.25, -0.2) is 4.39 Å². The van der Waals surface area contributed by atoms with Gasteiger partial charge in [-0.15, -0.1) is 0 Å². The van der Waals surface area contributed by atoms with Crippen LogP contribution in [0.2, 0.25) is 0 Å². The normalized spacial score (nSPS) is 19.7. The van der Waals surface area contributed by atoms with Crippen LogP contribution in [0.3, 0.4) is 0 Å². The van der Waals surface area contributed by atoms with Gasteiger partial charge in [0.1, 0.15) is 12.4 Å². The van der Waals surface area contributed by atoms with Gasteiger partial charge in [-0.3, -0.25) is 4.79 Å². The Bertz CT molecular complexity index is 873. The molecule has 0 spiro atoms. The van der Waals surface area contributed by atoms with Crippen molar-refractivity contribution in [2.75, 3.05) is 20.3 Å². The van der Waals surface area contributed by atoms with E-state index >= 15 is 0 Å². The summed E-state index contributed by atoms with van der Waals surface area (Å²) in [5.74, 6) is 1.00. The van der Waals surface area contributed by atoms with E-state index in [0.29, 0.717) is 24.7 Å². The molecular formula is C24H28FNO4. The van der Waals surface area contributed by atoms with Crippen LogP contribution in [0.15, 0.2) is 42.5 Å². The third-order valence-electron chi connectivity index (χ3n) is 6.17. The highest BCUT2D eigenvalue weighted by Crippen LogP contribution is 2.44. The molecule has 1 heterocycles. The molecule has 1 amide bonds. The van der Waals surface area contributed by atoms with E-state index in [1.807, 2.05) is 18.2 Å². The molecule has 1 saturated carbocycles. The zero-order valence-electron chi connectivity index (χ0n) is 17.3. The molecule has 1 atom stereocenters. The molecule has 1 aliphatic carbocycles. The van der Waals surface area contributed by atoms with E-state index in [4.69, 9.17) is 14.2 Å². The molecular weight excluding hydrogens is 385 g/mol. The summed E-state index contributed by atoms with van der Waals surface area (Å²) in [5, 5.41) is 3.05. The molecule has 0 aromatic heterocycles. The molecule has 160 valence electrons. The molecule has 2 aromatic rings. The lowest BCUT2D eigenvalue weighted by molar-refractivity contribution is -0.130. The first kappa shape index (κ1) is 20.7. The molecule has 1 aliphatic heterocycles. The fourth-order valence-corrected chi connectivity index (χ4v) is 4.20. The van der Waals surface area contributed by atoms with Gasteiger partial charge in [-0.05, 0) is 61.1 Å². The molecule has 6 heteroatoms. The first-order chi connectivity index (χ1) is 14.6. The number of methoxy groups -OCH3 is 1. The molecule has 1 unspecified atom stereocenters. The summed E-state index contributed by atoms with van der Waals surface area (Å²) in [4.78, 5) is 13.0. The van der Waals surface area contributed by atoms with Crippen molar-refractivity contribution in [3.63, 3.8) is 0 Å². The lowest BCUT2D eigenvalue weighted by Crippen LogP contribution is -2.49. The largest absolute Gasteiger partial charge is 0.493 e. The van der Waals surface area contributed by atoms with Crippen LogP contribution >= 0.6 is 0 Å². The fourth-order valence-electron chi connectivity index (χ4n) is 4.20. The Kier molecular flexibility index (Phi) is 6.23. The van der Waals surface area contributed by atoms with Crippen LogP contribution < -0.4 is 14.8 Å². The smallest absolute Gasteiger partial charge is 0.230 e. The molecule has 4 rings (SSSR count). The second-order valence-electron chi connectivity index (χ2n) is 8.06. The SMILES string of the molecule is COc1cc(CNC(=O)C2(c3ccc(F)cc3)CCC2)ccc1OCC1CCCO1. The molecule has 2 aliphatic rings. The predicted molar refractivity (Wildman–Crippen MR) is 111 cm³/mol. The van der Waals surface area contributed by atoms with Crippen molar-refractivity contribution in [1.29, 1.82) is 0 Å². The Morgan fingerprint density at radius 1 is 1.17 bits per heavy atom. The summed E-state index contributed by atoms with van der Waals surface area (Å²) in [6.07, 6.45) is 4.79. The van der Waals surface area contributed by atoms with E-state index in [0.717, 1.165) is 49.8 Å². The summed E-state index contributed by atoms with van der Waals surface area (Å²) in [7, 11) is 1.61. The van der Waals surface area contributed by atoms with E-state index < -0.39 is 5.41 Å². The third-order valence-corrected chi connectivity index (χ3v) is 6.17. The van der Waals surface area contributed by atoms with Crippen molar-refractivity contribution in [2.45, 2.75) is 50.2 Å². The van der Waals surface area contributed by atoms with Gasteiger partial charge in [0.15, 0.2) is 11.5 Å². The second-order valence-corrected chi connectivity index (χ2v) is 8.06. The average Bonchev–Trinajstić information content (AvgIpc) is 3.25. The van der Waals surface area contributed by atoms with Crippen molar-refractivity contribution in [1.82, 2.24) is 5.32 Å². The summed E-state index contributed by atoms with van der Waals surface area (Å²) in [6, 6.07) is 12.0. The van der Waals surface area contributed by atoms with Gasteiger partial charge < -0.3 is 19.5 Å². The van der Waals surface area contributed by atoms with Gasteiger partial charge in [-0.1, -0.05) is 24.6 Å². The third kappa shape index (κ3) is 4.29. The molecule has 0 radical (unpaired) electrons. The van der Waals surface area contributed by atoms with Crippen LogP contribution in [0.4, 0.5) is 4.39 Å². The first-order valence-electron chi connectivity index (χ1n) is 10.6. The number of carbonyl (C=O) groups excluding carboxylic acids is 1. The number of carbonyl (C=O) groups is 1. The van der Waals surface area contributed by atoms with Crippen molar-refractivity contribution in [3.8, 4) is 11.5 Å². The maximum atomic E-state index is 13.3. The van der Waals surface area contributed by atoms with Crippen LogP contribution in [-0.4, -0.2) is 32.3 Å². The highest BCUT2D eigenvalue weighted by Gasteiger charge is 2.45. The lowest BCUT2D eigenvalue weighted by Gasteiger charge is -2.40. The summed E-state index contributed by atoms with van der Waals surface area (Å²) in [5.41, 5.74) is 1.25. The molecule has 5 nitrogen and oxygen atoms in total. The minimum absolute atomic E-state index is 0.0157. The molecule has 0 bridgehead atoms. The van der Waals surface area contributed by atoms with Gasteiger partial charge in [0.05, 0.1) is 18.6 Å². The molecule has 1 N–H and O–H groups in total. The summed E-state index contributed by atoms with van der Waals surface area (Å²) >= 11 is 0. The number of rotatable bonds is 8. The second kappa shape index (κ2) is 9.04. The Morgan fingerprint density at radius 2 is 1.97 bits per heavy atom. The molecule has 30 heavy (non-hydrogen) atoms. The average molecular weight is 413 g/mol. The number of ether oxygens (including phenoxy) is 3. The van der Waals surface area contributed by atoms with E-state index in [-0.39, 0.29) is 17.8 Å². The molecule has 2 fully saturated rings.